The number of pyridine rings is 1. The third kappa shape index (κ3) is 2.01. The van der Waals surface area contributed by atoms with E-state index in [0.29, 0.717) is 0 Å². The van der Waals surface area contributed by atoms with Crippen LogP contribution in [0.2, 0.25) is 0 Å². The second-order valence-corrected chi connectivity index (χ2v) is 3.75. The maximum absolute atomic E-state index is 4.03. The summed E-state index contributed by atoms with van der Waals surface area (Å²) in [6.07, 6.45) is 11.8. The largest absolute Gasteiger partial charge is 0.265 e. The Morgan fingerprint density at radius 3 is 2.67 bits per heavy atom. The molecule has 2 unspecified atom stereocenters. The molecule has 0 amide bonds. The van der Waals surface area contributed by atoms with Gasteiger partial charge in [0.1, 0.15) is 0 Å². The van der Waals surface area contributed by atoms with Crippen molar-refractivity contribution in [3.63, 3.8) is 0 Å². The minimum Gasteiger partial charge on any atom is -0.265 e. The van der Waals surface area contributed by atoms with E-state index in [9.17, 15) is 0 Å². The highest BCUT2D eigenvalue weighted by molar-refractivity contribution is 5.72. The molecule has 2 aliphatic rings. The van der Waals surface area contributed by atoms with Crippen LogP contribution >= 0.6 is 0 Å². The predicted molar refractivity (Wildman–Crippen MR) is 64.3 cm³/mol. The van der Waals surface area contributed by atoms with E-state index >= 15 is 0 Å². The first-order chi connectivity index (χ1) is 7.45. The number of rotatable bonds is 1. The van der Waals surface area contributed by atoms with E-state index in [4.69, 9.17) is 0 Å². The van der Waals surface area contributed by atoms with Crippen LogP contribution in [-0.2, 0) is 0 Å². The topological polar surface area (TPSA) is 12.9 Å². The Morgan fingerprint density at radius 1 is 1.20 bits per heavy atom. The normalized spacial score (nSPS) is 25.9. The van der Waals surface area contributed by atoms with Crippen molar-refractivity contribution in [1.82, 2.24) is 4.98 Å². The van der Waals surface area contributed by atoms with Gasteiger partial charge in [-0.3, -0.25) is 4.98 Å². The molecule has 15 heavy (non-hydrogen) atoms. The second-order valence-electron chi connectivity index (χ2n) is 3.75. The summed E-state index contributed by atoms with van der Waals surface area (Å²) in [6.45, 7) is 4.00. The molecular weight excluding hydrogens is 182 g/mol. The lowest BCUT2D eigenvalue weighted by molar-refractivity contribution is 0.998. The van der Waals surface area contributed by atoms with Gasteiger partial charge in [0, 0.05) is 12.4 Å². The van der Waals surface area contributed by atoms with E-state index < -0.39 is 0 Å². The van der Waals surface area contributed by atoms with Crippen molar-refractivity contribution in [3.8, 4) is 0 Å². The number of fused-ring (bicyclic) bond motifs is 1. The Labute approximate surface area is 91.6 Å². The van der Waals surface area contributed by atoms with Gasteiger partial charge in [-0.1, -0.05) is 32.1 Å². The number of hydrogen-bond acceptors (Lipinski definition) is 1. The van der Waals surface area contributed by atoms with Gasteiger partial charge >= 0.3 is 0 Å². The average molecular weight is 199 g/mol. The molecule has 1 heteroatoms. The Kier molecular flexibility index (Phi) is 3.00. The molecule has 0 spiro atoms. The van der Waals surface area contributed by atoms with Crippen LogP contribution in [0.25, 0.3) is 5.57 Å². The van der Waals surface area contributed by atoms with Crippen molar-refractivity contribution in [1.29, 1.82) is 0 Å². The van der Waals surface area contributed by atoms with Gasteiger partial charge in [-0.15, -0.1) is 0 Å². The fourth-order valence-corrected chi connectivity index (χ4v) is 2.07. The summed E-state index contributed by atoms with van der Waals surface area (Å²) >= 11 is 0. The summed E-state index contributed by atoms with van der Waals surface area (Å²) in [7, 11) is 0. The van der Waals surface area contributed by atoms with E-state index in [-0.39, 0.29) is 0 Å². The van der Waals surface area contributed by atoms with Crippen LogP contribution in [0.3, 0.4) is 0 Å². The first-order valence-corrected chi connectivity index (χ1v) is 5.74. The molecule has 1 saturated carbocycles. The van der Waals surface area contributed by atoms with Gasteiger partial charge in [-0.05, 0) is 41.5 Å². The minimum absolute atomic E-state index is 0.799. The van der Waals surface area contributed by atoms with E-state index in [1.54, 1.807) is 0 Å². The lowest BCUT2D eigenvalue weighted by Crippen LogP contribution is -1.91. The standard InChI is InChI=1S/C12H11N.C2H6/c1-2-10-8-12(10)11(3-1)9-4-6-13-7-5-9;1-2/h1-7,10,12H,8H2;1-2H3. The molecule has 1 nitrogen and oxygen atoms in total. The summed E-state index contributed by atoms with van der Waals surface area (Å²) in [4.78, 5) is 4.03. The highest BCUT2D eigenvalue weighted by Crippen LogP contribution is 2.50. The Bertz CT molecular complexity index is 376. The first-order valence-electron chi connectivity index (χ1n) is 5.74. The zero-order valence-corrected chi connectivity index (χ0v) is 9.35. The zero-order chi connectivity index (χ0) is 10.7. The minimum atomic E-state index is 0.799. The van der Waals surface area contributed by atoms with Crippen LogP contribution in [0.5, 0.6) is 0 Å². The number of allylic oxidation sites excluding steroid dienone is 4. The fourth-order valence-electron chi connectivity index (χ4n) is 2.07. The van der Waals surface area contributed by atoms with Gasteiger partial charge < -0.3 is 0 Å². The molecule has 2 atom stereocenters. The van der Waals surface area contributed by atoms with Crippen LogP contribution in [0.15, 0.2) is 42.8 Å². The molecule has 1 heterocycles. The molecule has 1 aromatic heterocycles. The van der Waals surface area contributed by atoms with Crippen LogP contribution < -0.4 is 0 Å². The molecule has 2 aliphatic carbocycles. The molecule has 0 saturated heterocycles. The Morgan fingerprint density at radius 2 is 1.93 bits per heavy atom. The van der Waals surface area contributed by atoms with Gasteiger partial charge in [0.15, 0.2) is 0 Å². The summed E-state index contributed by atoms with van der Waals surface area (Å²) in [5.41, 5.74) is 2.83. The van der Waals surface area contributed by atoms with Crippen molar-refractivity contribution in [2.75, 3.05) is 0 Å². The van der Waals surface area contributed by atoms with E-state index in [2.05, 4.69) is 35.3 Å². The van der Waals surface area contributed by atoms with Crippen LogP contribution in [0.1, 0.15) is 25.8 Å². The van der Waals surface area contributed by atoms with Gasteiger partial charge in [0.25, 0.3) is 0 Å². The zero-order valence-electron chi connectivity index (χ0n) is 9.35. The van der Waals surface area contributed by atoms with Crippen molar-refractivity contribution >= 4 is 5.57 Å². The van der Waals surface area contributed by atoms with Crippen molar-refractivity contribution < 1.29 is 0 Å². The fraction of sp³-hybridized carbons (Fsp3) is 0.357. The number of nitrogens with zero attached hydrogens (tertiary/aromatic N) is 1. The molecule has 78 valence electrons. The van der Waals surface area contributed by atoms with E-state index in [0.717, 1.165) is 11.8 Å². The highest BCUT2D eigenvalue weighted by atomic mass is 14.6. The van der Waals surface area contributed by atoms with Gasteiger partial charge in [0.05, 0.1) is 0 Å². The van der Waals surface area contributed by atoms with Crippen LogP contribution in [0.4, 0.5) is 0 Å². The van der Waals surface area contributed by atoms with Crippen molar-refractivity contribution in [2.24, 2.45) is 11.8 Å². The SMILES string of the molecule is C1=CC2CC2C(c2ccncc2)=C1.CC. The highest BCUT2D eigenvalue weighted by Gasteiger charge is 2.39. The molecule has 3 rings (SSSR count). The molecule has 1 aromatic rings. The third-order valence-corrected chi connectivity index (χ3v) is 2.89. The molecule has 0 N–H and O–H groups in total. The average Bonchev–Trinajstić information content (AvgIpc) is 3.11. The molecular formula is C14H17N. The van der Waals surface area contributed by atoms with E-state index in [1.165, 1.54) is 17.6 Å². The van der Waals surface area contributed by atoms with E-state index in [1.807, 2.05) is 26.2 Å². The van der Waals surface area contributed by atoms with Gasteiger partial charge in [0.2, 0.25) is 0 Å². The smallest absolute Gasteiger partial charge is 0.0273 e. The molecule has 1 fully saturated rings. The molecule has 0 aromatic carbocycles. The molecule has 0 aliphatic heterocycles. The Hall–Kier alpha value is -1.37. The number of hydrogen-bond donors (Lipinski definition) is 0. The monoisotopic (exact) mass is 199 g/mol. The second kappa shape index (κ2) is 4.43. The lowest BCUT2D eigenvalue weighted by Gasteiger charge is -2.07. The first kappa shape index (κ1) is 10.2. The van der Waals surface area contributed by atoms with Gasteiger partial charge in [-0.2, -0.15) is 0 Å². The summed E-state index contributed by atoms with van der Waals surface area (Å²) in [5, 5.41) is 0. The Balaban J connectivity index is 0.000000404. The lowest BCUT2D eigenvalue weighted by atomic mass is 9.98. The third-order valence-electron chi connectivity index (χ3n) is 2.89. The quantitative estimate of drug-likeness (QED) is 0.672. The molecule has 0 radical (unpaired) electrons. The maximum Gasteiger partial charge on any atom is 0.0273 e. The predicted octanol–water partition coefficient (Wildman–Crippen LogP) is 3.70. The summed E-state index contributed by atoms with van der Waals surface area (Å²) in [5.74, 6) is 1.63. The maximum atomic E-state index is 4.03. The van der Waals surface area contributed by atoms with Crippen LogP contribution in [-0.4, -0.2) is 4.98 Å². The summed E-state index contributed by atoms with van der Waals surface area (Å²) in [6, 6.07) is 4.20. The van der Waals surface area contributed by atoms with Crippen molar-refractivity contribution in [3.05, 3.63) is 48.3 Å². The van der Waals surface area contributed by atoms with Gasteiger partial charge in [-0.25, -0.2) is 0 Å². The van der Waals surface area contributed by atoms with Crippen molar-refractivity contribution in [2.45, 2.75) is 20.3 Å². The summed E-state index contributed by atoms with van der Waals surface area (Å²) < 4.78 is 0. The molecule has 0 bridgehead atoms. The van der Waals surface area contributed by atoms with Crippen LogP contribution in [0, 0.1) is 11.8 Å². The number of aromatic nitrogens is 1.